The van der Waals surface area contributed by atoms with E-state index in [0.717, 1.165) is 11.1 Å². The number of anilines is 1. The average Bonchev–Trinajstić information content (AvgIpc) is 2.68. The average molecular weight is 451 g/mol. The van der Waals surface area contributed by atoms with Crippen molar-refractivity contribution in [3.63, 3.8) is 0 Å². The van der Waals surface area contributed by atoms with Gasteiger partial charge in [-0.2, -0.15) is 13.2 Å². The van der Waals surface area contributed by atoms with Crippen molar-refractivity contribution in [3.8, 4) is 5.75 Å². The zero-order chi connectivity index (χ0) is 23.5. The van der Waals surface area contributed by atoms with Crippen molar-refractivity contribution in [2.45, 2.75) is 39.8 Å². The van der Waals surface area contributed by atoms with Crippen LogP contribution in [0.5, 0.6) is 5.75 Å². The van der Waals surface area contributed by atoms with Crippen molar-refractivity contribution in [1.82, 2.24) is 0 Å². The molecule has 3 nitrogen and oxygen atoms in total. The lowest BCUT2D eigenvalue weighted by Gasteiger charge is -2.17. The number of aryl methyl sites for hydroxylation is 2. The second-order valence-corrected chi connectivity index (χ2v) is 7.15. The van der Waals surface area contributed by atoms with Crippen LogP contribution in [0.2, 0.25) is 0 Å². The van der Waals surface area contributed by atoms with E-state index in [-0.39, 0.29) is 13.0 Å². The highest BCUT2D eigenvalue weighted by atomic mass is 19.4. The maximum absolute atomic E-state index is 13.9. The quantitative estimate of drug-likeness (QED) is 0.304. The number of alkyl halides is 3. The third-order valence-electron chi connectivity index (χ3n) is 4.63. The predicted octanol–water partition coefficient (Wildman–Crippen LogP) is 6.31. The van der Waals surface area contributed by atoms with Gasteiger partial charge in [0.25, 0.3) is 0 Å². The summed E-state index contributed by atoms with van der Waals surface area (Å²) in [7, 11) is 0. The van der Waals surface area contributed by atoms with Crippen LogP contribution in [0.1, 0.15) is 36.5 Å². The predicted molar refractivity (Wildman–Crippen MR) is 99.7 cm³/mol. The molecule has 170 valence electrons. The molecule has 0 bridgehead atoms. The van der Waals surface area contributed by atoms with Gasteiger partial charge in [0.15, 0.2) is 23.3 Å². The van der Waals surface area contributed by atoms with Crippen LogP contribution < -0.4 is 10.1 Å². The molecule has 1 unspecified atom stereocenters. The number of hydrogen-bond donors (Lipinski definition) is 1. The lowest BCUT2D eigenvalue weighted by Crippen LogP contribution is -2.24. The number of amides is 1. The Bertz CT molecular complexity index is 944. The number of hydrogen-bond acceptors (Lipinski definition) is 2. The minimum atomic E-state index is -5.65. The molecule has 31 heavy (non-hydrogen) atoms. The van der Waals surface area contributed by atoms with Crippen LogP contribution in [0.15, 0.2) is 18.2 Å². The molecule has 2 rings (SSSR count). The van der Waals surface area contributed by atoms with Gasteiger partial charge in [0, 0.05) is 5.92 Å². The Labute approximate surface area is 174 Å². The molecule has 0 aliphatic heterocycles. The third-order valence-corrected chi connectivity index (χ3v) is 4.63. The molecule has 0 aliphatic carbocycles. The van der Waals surface area contributed by atoms with E-state index in [1.165, 1.54) is 6.92 Å². The normalized spacial score (nSPS) is 12.6. The summed E-state index contributed by atoms with van der Waals surface area (Å²) < 4.78 is 98.6. The van der Waals surface area contributed by atoms with E-state index in [1.807, 2.05) is 32.0 Å². The van der Waals surface area contributed by atoms with Gasteiger partial charge >= 0.3 is 6.18 Å². The number of halogens is 7. The molecule has 0 fully saturated rings. The lowest BCUT2D eigenvalue weighted by atomic mass is 10.0. The Morgan fingerprint density at radius 2 is 1.61 bits per heavy atom. The van der Waals surface area contributed by atoms with Crippen LogP contribution >= 0.6 is 0 Å². The number of ether oxygens (including phenoxy) is 1. The maximum atomic E-state index is 13.9. The standard InChI is InChI=1S/C21H20F7NO2/c1-10-6-7-11(2)13(9-10)31-8-4-5-12(3)20(30)29-19-17(24)15(22)14(21(26,27)28)16(23)18(19)25/h6-7,9,12H,4-5,8H2,1-3H3,(H,29,30). The summed E-state index contributed by atoms with van der Waals surface area (Å²) in [5.41, 5.74) is -2.40. The summed E-state index contributed by atoms with van der Waals surface area (Å²) >= 11 is 0. The topological polar surface area (TPSA) is 38.3 Å². The molecule has 0 radical (unpaired) electrons. The van der Waals surface area contributed by atoms with E-state index in [0.29, 0.717) is 12.2 Å². The van der Waals surface area contributed by atoms with Crippen LogP contribution in [0.4, 0.5) is 36.4 Å². The fourth-order valence-electron chi connectivity index (χ4n) is 2.80. The van der Waals surface area contributed by atoms with Crippen molar-refractivity contribution >= 4 is 11.6 Å². The van der Waals surface area contributed by atoms with Gasteiger partial charge in [0.05, 0.1) is 6.61 Å². The summed E-state index contributed by atoms with van der Waals surface area (Å²) in [4.78, 5) is 12.1. The van der Waals surface area contributed by atoms with E-state index in [4.69, 9.17) is 4.74 Å². The zero-order valence-electron chi connectivity index (χ0n) is 16.9. The minimum absolute atomic E-state index is 0.186. The van der Waals surface area contributed by atoms with Gasteiger partial charge in [-0.25, -0.2) is 17.6 Å². The smallest absolute Gasteiger partial charge is 0.422 e. The molecule has 2 aromatic rings. The van der Waals surface area contributed by atoms with E-state index in [1.54, 1.807) is 5.32 Å². The molecule has 2 aromatic carbocycles. The van der Waals surface area contributed by atoms with E-state index < -0.39 is 52.5 Å². The molecule has 0 aromatic heterocycles. The molecule has 0 saturated heterocycles. The SMILES string of the molecule is Cc1ccc(C)c(OCCCC(C)C(=O)Nc2c(F)c(F)c(C(F)(F)F)c(F)c2F)c1. The summed E-state index contributed by atoms with van der Waals surface area (Å²) in [6.07, 6.45) is -5.10. The van der Waals surface area contributed by atoms with Crippen LogP contribution in [-0.4, -0.2) is 12.5 Å². The van der Waals surface area contributed by atoms with Gasteiger partial charge in [-0.05, 0) is 43.9 Å². The molecular weight excluding hydrogens is 431 g/mol. The van der Waals surface area contributed by atoms with Gasteiger partial charge in [-0.1, -0.05) is 19.1 Å². The van der Waals surface area contributed by atoms with E-state index in [2.05, 4.69) is 0 Å². The molecule has 10 heteroatoms. The van der Waals surface area contributed by atoms with Crippen molar-refractivity contribution in [3.05, 3.63) is 58.2 Å². The maximum Gasteiger partial charge on any atom is 0.422 e. The van der Waals surface area contributed by atoms with E-state index in [9.17, 15) is 35.5 Å². The molecular formula is C21H20F7NO2. The molecule has 1 atom stereocenters. The van der Waals surface area contributed by atoms with Gasteiger partial charge < -0.3 is 10.1 Å². The Morgan fingerprint density at radius 3 is 2.16 bits per heavy atom. The van der Waals surface area contributed by atoms with Crippen molar-refractivity contribution in [2.24, 2.45) is 5.92 Å². The Balaban J connectivity index is 2.02. The molecule has 0 spiro atoms. The van der Waals surface area contributed by atoms with E-state index >= 15 is 0 Å². The monoisotopic (exact) mass is 451 g/mol. The largest absolute Gasteiger partial charge is 0.493 e. The highest BCUT2D eigenvalue weighted by Crippen LogP contribution is 2.38. The Hall–Kier alpha value is -2.78. The number of nitrogens with one attached hydrogen (secondary N) is 1. The van der Waals surface area contributed by atoms with Crippen molar-refractivity contribution in [2.75, 3.05) is 11.9 Å². The number of benzene rings is 2. The molecule has 1 amide bonds. The third kappa shape index (κ3) is 5.68. The number of carbonyl (C=O) groups is 1. The first kappa shape index (κ1) is 24.5. The van der Waals surface area contributed by atoms with Crippen LogP contribution in [0.3, 0.4) is 0 Å². The first-order valence-electron chi connectivity index (χ1n) is 9.28. The summed E-state index contributed by atoms with van der Waals surface area (Å²) in [5.74, 6) is -11.1. The number of carbonyl (C=O) groups excluding carboxylic acids is 1. The zero-order valence-corrected chi connectivity index (χ0v) is 16.9. The van der Waals surface area contributed by atoms with Crippen molar-refractivity contribution in [1.29, 1.82) is 0 Å². The second-order valence-electron chi connectivity index (χ2n) is 7.15. The summed E-state index contributed by atoms with van der Waals surface area (Å²) in [6.45, 7) is 5.37. The fraction of sp³-hybridized carbons (Fsp3) is 0.381. The first-order valence-corrected chi connectivity index (χ1v) is 9.28. The molecule has 0 aliphatic rings. The van der Waals surface area contributed by atoms with Gasteiger partial charge in [-0.3, -0.25) is 4.79 Å². The second kappa shape index (κ2) is 9.57. The van der Waals surface area contributed by atoms with Crippen LogP contribution in [0, 0.1) is 43.0 Å². The molecule has 0 heterocycles. The summed E-state index contributed by atoms with van der Waals surface area (Å²) in [5, 5.41) is 1.64. The van der Waals surface area contributed by atoms with Gasteiger partial charge in [0.2, 0.25) is 5.91 Å². The Morgan fingerprint density at radius 1 is 1.03 bits per heavy atom. The molecule has 0 saturated carbocycles. The lowest BCUT2D eigenvalue weighted by molar-refractivity contribution is -0.143. The molecule has 1 N–H and O–H groups in total. The van der Waals surface area contributed by atoms with Crippen LogP contribution in [-0.2, 0) is 11.0 Å². The summed E-state index contributed by atoms with van der Waals surface area (Å²) in [6, 6.07) is 5.64. The fourth-order valence-corrected chi connectivity index (χ4v) is 2.80. The van der Waals surface area contributed by atoms with Gasteiger partial charge in [-0.15, -0.1) is 0 Å². The number of rotatable bonds is 7. The van der Waals surface area contributed by atoms with Crippen LogP contribution in [0.25, 0.3) is 0 Å². The van der Waals surface area contributed by atoms with Gasteiger partial charge in [0.1, 0.15) is 17.0 Å². The minimum Gasteiger partial charge on any atom is -0.493 e. The Kier molecular flexibility index (Phi) is 7.56. The highest BCUT2D eigenvalue weighted by molar-refractivity contribution is 5.92. The first-order chi connectivity index (χ1) is 14.3. The van der Waals surface area contributed by atoms with Crippen molar-refractivity contribution < 1.29 is 40.3 Å². The highest BCUT2D eigenvalue weighted by Gasteiger charge is 2.42.